The zero-order valence-corrected chi connectivity index (χ0v) is 12.9. The highest BCUT2D eigenvalue weighted by molar-refractivity contribution is 6.43. The van der Waals surface area contributed by atoms with Crippen LogP contribution in [0.3, 0.4) is 0 Å². The normalized spacial score (nSPS) is 14.2. The predicted octanol–water partition coefficient (Wildman–Crippen LogP) is 4.07. The molecule has 0 aliphatic heterocycles. The van der Waals surface area contributed by atoms with Crippen LogP contribution in [0.25, 0.3) is 0 Å². The number of hydrazone groups is 1. The van der Waals surface area contributed by atoms with Crippen LogP contribution < -0.4 is 10.2 Å². The number of benzene rings is 1. The van der Waals surface area contributed by atoms with Crippen LogP contribution in [0.4, 0.5) is 0 Å². The Labute approximate surface area is 132 Å². The molecule has 7 heteroatoms. The van der Waals surface area contributed by atoms with E-state index in [1.165, 1.54) is 12.1 Å². The average Bonchev–Trinajstić information content (AvgIpc) is 2.92. The molecule has 0 heterocycles. The fraction of sp³-hybridized carbons (Fsp3) is 0.385. The Kier molecular flexibility index (Phi) is 5.52. The first kappa shape index (κ1) is 15.4. The first-order valence-electron chi connectivity index (χ1n) is 6.18. The van der Waals surface area contributed by atoms with Crippen molar-refractivity contribution in [2.45, 2.75) is 25.7 Å². The Morgan fingerprint density at radius 2 is 1.80 bits per heavy atom. The van der Waals surface area contributed by atoms with Gasteiger partial charge < -0.3 is 4.74 Å². The molecule has 0 radical (unpaired) electrons. The lowest BCUT2D eigenvalue weighted by Crippen LogP contribution is -2.25. The second kappa shape index (κ2) is 7.16. The number of carbonyl (C=O) groups is 1. The van der Waals surface area contributed by atoms with Crippen LogP contribution >= 0.6 is 34.8 Å². The molecule has 0 unspecified atom stereocenters. The number of amides is 1. The van der Waals surface area contributed by atoms with Gasteiger partial charge in [-0.2, -0.15) is 5.10 Å². The van der Waals surface area contributed by atoms with Gasteiger partial charge in [-0.1, -0.05) is 34.8 Å². The van der Waals surface area contributed by atoms with Crippen LogP contribution in [0.15, 0.2) is 17.2 Å². The van der Waals surface area contributed by atoms with E-state index in [4.69, 9.17) is 39.5 Å². The number of nitrogens with one attached hydrogen (secondary N) is 1. The van der Waals surface area contributed by atoms with E-state index < -0.39 is 0 Å². The summed E-state index contributed by atoms with van der Waals surface area (Å²) >= 11 is 17.6. The van der Waals surface area contributed by atoms with Gasteiger partial charge in [-0.05, 0) is 31.7 Å². The quantitative estimate of drug-likeness (QED) is 0.666. The summed E-state index contributed by atoms with van der Waals surface area (Å²) in [5.74, 6) is -0.0312. The summed E-state index contributed by atoms with van der Waals surface area (Å²) in [7, 11) is 0. The molecule has 1 saturated carbocycles. The van der Waals surface area contributed by atoms with Gasteiger partial charge in [0.05, 0.1) is 15.1 Å². The molecule has 0 spiro atoms. The van der Waals surface area contributed by atoms with Crippen molar-refractivity contribution in [2.24, 2.45) is 5.10 Å². The maximum Gasteiger partial charge on any atom is 0.277 e. The van der Waals surface area contributed by atoms with Crippen molar-refractivity contribution in [1.29, 1.82) is 0 Å². The van der Waals surface area contributed by atoms with Crippen LogP contribution in [0, 0.1) is 0 Å². The van der Waals surface area contributed by atoms with Gasteiger partial charge >= 0.3 is 0 Å². The van der Waals surface area contributed by atoms with E-state index in [2.05, 4.69) is 10.5 Å². The lowest BCUT2D eigenvalue weighted by Gasteiger charge is -2.08. The molecular formula is C13H13Cl3N2O2. The Bertz CT molecular complexity index is 539. The van der Waals surface area contributed by atoms with Crippen molar-refractivity contribution in [2.75, 3.05) is 6.61 Å². The molecule has 1 aliphatic carbocycles. The summed E-state index contributed by atoms with van der Waals surface area (Å²) in [4.78, 5) is 11.6. The van der Waals surface area contributed by atoms with E-state index in [9.17, 15) is 4.79 Å². The minimum Gasteiger partial charge on any atom is -0.482 e. The number of hydrogen-bond acceptors (Lipinski definition) is 3. The number of halogens is 3. The fourth-order valence-corrected chi connectivity index (χ4v) is 2.42. The standard InChI is InChI=1S/C13H13Cl3N2O2/c14-9-5-11(16)12(6-10(9)15)20-7-13(19)18-17-8-3-1-2-4-8/h5-6H,1-4,7H2,(H,18,19). The topological polar surface area (TPSA) is 50.7 Å². The molecule has 0 saturated heterocycles. The molecule has 1 aromatic rings. The Hall–Kier alpha value is -0.970. The van der Waals surface area contributed by atoms with Gasteiger partial charge in [0.2, 0.25) is 0 Å². The summed E-state index contributed by atoms with van der Waals surface area (Å²) in [6, 6.07) is 2.94. The maximum atomic E-state index is 11.6. The molecule has 1 N–H and O–H groups in total. The highest BCUT2D eigenvalue weighted by Gasteiger charge is 2.11. The van der Waals surface area contributed by atoms with Gasteiger partial charge in [0, 0.05) is 11.8 Å². The molecular weight excluding hydrogens is 323 g/mol. The number of rotatable bonds is 4. The minimum atomic E-state index is -0.341. The molecule has 0 aromatic heterocycles. The van der Waals surface area contributed by atoms with E-state index in [0.29, 0.717) is 20.8 Å². The SMILES string of the molecule is O=C(COc1cc(Cl)c(Cl)cc1Cl)NN=C1CCCC1. The second-order valence-corrected chi connectivity index (χ2v) is 5.63. The smallest absolute Gasteiger partial charge is 0.277 e. The lowest BCUT2D eigenvalue weighted by molar-refractivity contribution is -0.123. The maximum absolute atomic E-state index is 11.6. The van der Waals surface area contributed by atoms with Crippen molar-refractivity contribution in [3.05, 3.63) is 27.2 Å². The summed E-state index contributed by atoms with van der Waals surface area (Å²) in [5, 5.41) is 5.00. The molecule has 20 heavy (non-hydrogen) atoms. The van der Waals surface area contributed by atoms with Gasteiger partial charge in [0.1, 0.15) is 5.75 Å². The Morgan fingerprint density at radius 1 is 1.15 bits per heavy atom. The third-order valence-electron chi connectivity index (χ3n) is 2.85. The van der Waals surface area contributed by atoms with E-state index in [1.54, 1.807) is 0 Å². The Balaban J connectivity index is 1.87. The van der Waals surface area contributed by atoms with Crippen LogP contribution in [0.5, 0.6) is 5.75 Å². The van der Waals surface area contributed by atoms with Crippen molar-refractivity contribution in [3.8, 4) is 5.75 Å². The summed E-state index contributed by atoms with van der Waals surface area (Å²) in [6.45, 7) is -0.186. The van der Waals surface area contributed by atoms with E-state index in [-0.39, 0.29) is 12.5 Å². The van der Waals surface area contributed by atoms with Crippen molar-refractivity contribution in [1.82, 2.24) is 5.43 Å². The first-order valence-corrected chi connectivity index (χ1v) is 7.31. The van der Waals surface area contributed by atoms with E-state index in [0.717, 1.165) is 31.4 Å². The first-order chi connectivity index (χ1) is 9.56. The average molecular weight is 336 g/mol. The molecule has 2 rings (SSSR count). The Morgan fingerprint density at radius 3 is 2.50 bits per heavy atom. The fourth-order valence-electron chi connectivity index (χ4n) is 1.83. The molecule has 0 bridgehead atoms. The van der Waals surface area contributed by atoms with Crippen LogP contribution in [0.1, 0.15) is 25.7 Å². The second-order valence-electron chi connectivity index (χ2n) is 4.41. The number of ether oxygens (including phenoxy) is 1. The third kappa shape index (κ3) is 4.27. The van der Waals surface area contributed by atoms with Crippen molar-refractivity contribution < 1.29 is 9.53 Å². The van der Waals surface area contributed by atoms with Crippen molar-refractivity contribution >= 4 is 46.4 Å². The zero-order valence-electron chi connectivity index (χ0n) is 10.6. The largest absolute Gasteiger partial charge is 0.482 e. The predicted molar refractivity (Wildman–Crippen MR) is 81.0 cm³/mol. The molecule has 1 aromatic carbocycles. The monoisotopic (exact) mass is 334 g/mol. The van der Waals surface area contributed by atoms with Crippen LogP contribution in [0.2, 0.25) is 15.1 Å². The highest BCUT2D eigenvalue weighted by atomic mass is 35.5. The van der Waals surface area contributed by atoms with Gasteiger partial charge in [-0.3, -0.25) is 4.79 Å². The summed E-state index contributed by atoms with van der Waals surface area (Å²) in [6.07, 6.45) is 4.15. The third-order valence-corrected chi connectivity index (χ3v) is 3.87. The molecule has 1 fully saturated rings. The number of nitrogens with zero attached hydrogens (tertiary/aromatic N) is 1. The minimum absolute atomic E-state index is 0.186. The van der Waals surface area contributed by atoms with Crippen LogP contribution in [-0.2, 0) is 4.79 Å². The lowest BCUT2D eigenvalue weighted by atomic mass is 10.3. The molecule has 1 aliphatic rings. The van der Waals surface area contributed by atoms with Gasteiger partial charge in [-0.25, -0.2) is 5.43 Å². The number of carbonyl (C=O) groups excluding carboxylic acids is 1. The molecule has 4 nitrogen and oxygen atoms in total. The molecule has 1 amide bonds. The number of hydrogen-bond donors (Lipinski definition) is 1. The van der Waals surface area contributed by atoms with E-state index in [1.807, 2.05) is 0 Å². The van der Waals surface area contributed by atoms with Gasteiger partial charge in [0.15, 0.2) is 6.61 Å². The molecule has 0 atom stereocenters. The summed E-state index contributed by atoms with van der Waals surface area (Å²) in [5.41, 5.74) is 3.48. The molecule has 108 valence electrons. The zero-order chi connectivity index (χ0) is 14.5. The van der Waals surface area contributed by atoms with Crippen LogP contribution in [-0.4, -0.2) is 18.2 Å². The highest BCUT2D eigenvalue weighted by Crippen LogP contribution is 2.33. The van der Waals surface area contributed by atoms with E-state index >= 15 is 0 Å². The van der Waals surface area contributed by atoms with Gasteiger partial charge in [-0.15, -0.1) is 0 Å². The van der Waals surface area contributed by atoms with Crippen molar-refractivity contribution in [3.63, 3.8) is 0 Å². The summed E-state index contributed by atoms with van der Waals surface area (Å²) < 4.78 is 5.29. The van der Waals surface area contributed by atoms with Gasteiger partial charge in [0.25, 0.3) is 5.91 Å².